The van der Waals surface area contributed by atoms with Crippen LogP contribution in [0.5, 0.6) is 0 Å². The number of amides is 1. The first-order chi connectivity index (χ1) is 7.09. The molecule has 1 aromatic heterocycles. The highest BCUT2D eigenvalue weighted by Crippen LogP contribution is 2.02. The smallest absolute Gasteiger partial charge is 0.307 e. The molecule has 1 aromatic rings. The fraction of sp³-hybridized carbons (Fsp3) is 0.455. The van der Waals surface area contributed by atoms with Crippen LogP contribution in [0.3, 0.4) is 0 Å². The van der Waals surface area contributed by atoms with Gasteiger partial charge in [0.1, 0.15) is 0 Å². The summed E-state index contributed by atoms with van der Waals surface area (Å²) in [4.78, 5) is 11.4. The maximum atomic E-state index is 11.4. The van der Waals surface area contributed by atoms with Gasteiger partial charge in [-0.2, -0.15) is 5.10 Å². The Morgan fingerprint density at radius 1 is 1.60 bits per heavy atom. The predicted octanol–water partition coefficient (Wildman–Crippen LogP) is 2.43. The lowest BCUT2D eigenvalue weighted by molar-refractivity contribution is 0.0927. The molecule has 0 saturated heterocycles. The maximum Gasteiger partial charge on any atom is 0.307 e. The van der Waals surface area contributed by atoms with Crippen LogP contribution in [0.1, 0.15) is 37.7 Å². The van der Waals surface area contributed by atoms with E-state index >= 15 is 0 Å². The Morgan fingerprint density at radius 2 is 2.33 bits per heavy atom. The van der Waals surface area contributed by atoms with Gasteiger partial charge in [0, 0.05) is 5.71 Å². The molecule has 0 atom stereocenters. The molecule has 1 N–H and O–H groups in total. The second kappa shape index (κ2) is 5.34. The normalized spacial score (nSPS) is 11.9. The minimum atomic E-state index is -0.317. The van der Waals surface area contributed by atoms with Crippen molar-refractivity contribution in [2.45, 2.75) is 27.2 Å². The Kier molecular flexibility index (Phi) is 4.09. The number of carbonyl (C=O) groups is 1. The average Bonchev–Trinajstić information content (AvgIpc) is 2.65. The lowest BCUT2D eigenvalue weighted by atomic mass is 10.1. The van der Waals surface area contributed by atoms with Gasteiger partial charge in [-0.15, -0.1) is 0 Å². The lowest BCUT2D eigenvalue weighted by Crippen LogP contribution is -2.18. The van der Waals surface area contributed by atoms with Crippen molar-refractivity contribution in [1.82, 2.24) is 5.43 Å². The summed E-state index contributed by atoms with van der Waals surface area (Å²) in [6.45, 7) is 6.10. The molecule has 0 radical (unpaired) electrons. The number of hydrogen-bond donors (Lipinski definition) is 1. The standard InChI is InChI=1S/C11H16N2O2/c1-8(2)7-9(3)12-13-11(14)10-5-4-6-15-10/h4-6,8H,7H2,1-3H3,(H,13,14)/b12-9+. The molecule has 0 bridgehead atoms. The first-order valence-corrected chi connectivity index (χ1v) is 4.96. The van der Waals surface area contributed by atoms with Crippen molar-refractivity contribution in [2.75, 3.05) is 0 Å². The molecule has 0 aliphatic heterocycles. The van der Waals surface area contributed by atoms with Crippen molar-refractivity contribution < 1.29 is 9.21 Å². The number of hydrogen-bond acceptors (Lipinski definition) is 3. The number of hydrazone groups is 1. The van der Waals surface area contributed by atoms with Crippen molar-refractivity contribution >= 4 is 11.6 Å². The van der Waals surface area contributed by atoms with Gasteiger partial charge in [-0.1, -0.05) is 13.8 Å². The minimum Gasteiger partial charge on any atom is -0.459 e. The molecule has 4 nitrogen and oxygen atoms in total. The van der Waals surface area contributed by atoms with Crippen LogP contribution in [0.2, 0.25) is 0 Å². The largest absolute Gasteiger partial charge is 0.459 e. The van der Waals surface area contributed by atoms with Crippen LogP contribution in [0, 0.1) is 5.92 Å². The van der Waals surface area contributed by atoms with Crippen LogP contribution in [-0.4, -0.2) is 11.6 Å². The summed E-state index contributed by atoms with van der Waals surface area (Å²) in [7, 11) is 0. The second-order valence-electron chi connectivity index (χ2n) is 3.86. The highest BCUT2D eigenvalue weighted by Gasteiger charge is 2.06. The van der Waals surface area contributed by atoms with Gasteiger partial charge in [-0.25, -0.2) is 5.43 Å². The van der Waals surface area contributed by atoms with Crippen LogP contribution >= 0.6 is 0 Å². The second-order valence-corrected chi connectivity index (χ2v) is 3.86. The molecule has 0 saturated carbocycles. The predicted molar refractivity (Wildman–Crippen MR) is 58.7 cm³/mol. The first-order valence-electron chi connectivity index (χ1n) is 4.96. The van der Waals surface area contributed by atoms with Crippen LogP contribution < -0.4 is 5.43 Å². The molecule has 0 aromatic carbocycles. The number of carbonyl (C=O) groups excluding carboxylic acids is 1. The van der Waals surface area contributed by atoms with Gasteiger partial charge in [0.15, 0.2) is 5.76 Å². The SMILES string of the molecule is C/C(CC(C)C)=N\NC(=O)c1ccco1. The average molecular weight is 208 g/mol. The molecule has 1 heterocycles. The number of nitrogens with one attached hydrogen (secondary N) is 1. The number of nitrogens with zero attached hydrogens (tertiary/aromatic N) is 1. The molecule has 15 heavy (non-hydrogen) atoms. The van der Waals surface area contributed by atoms with Crippen molar-refractivity contribution in [1.29, 1.82) is 0 Å². The van der Waals surface area contributed by atoms with Gasteiger partial charge in [0.25, 0.3) is 0 Å². The Balaban J connectivity index is 2.46. The summed E-state index contributed by atoms with van der Waals surface area (Å²) in [5.74, 6) is 0.494. The van der Waals surface area contributed by atoms with E-state index in [0.717, 1.165) is 12.1 Å². The molecular weight excluding hydrogens is 192 g/mol. The molecule has 0 spiro atoms. The third-order valence-corrected chi connectivity index (χ3v) is 1.80. The fourth-order valence-corrected chi connectivity index (χ4v) is 1.25. The van der Waals surface area contributed by atoms with Crippen molar-refractivity contribution in [3.63, 3.8) is 0 Å². The summed E-state index contributed by atoms with van der Waals surface area (Å²) < 4.78 is 4.93. The van der Waals surface area contributed by atoms with Gasteiger partial charge in [-0.05, 0) is 31.4 Å². The Morgan fingerprint density at radius 3 is 2.87 bits per heavy atom. The zero-order chi connectivity index (χ0) is 11.3. The number of furan rings is 1. The van der Waals surface area contributed by atoms with Crippen molar-refractivity contribution in [3.8, 4) is 0 Å². The molecular formula is C11H16N2O2. The zero-order valence-electron chi connectivity index (χ0n) is 9.28. The van der Waals surface area contributed by atoms with Gasteiger partial charge in [0.05, 0.1) is 6.26 Å². The van der Waals surface area contributed by atoms with E-state index < -0.39 is 0 Å². The summed E-state index contributed by atoms with van der Waals surface area (Å²) in [6.07, 6.45) is 2.33. The molecule has 1 amide bonds. The first kappa shape index (κ1) is 11.5. The summed E-state index contributed by atoms with van der Waals surface area (Å²) in [5, 5.41) is 3.98. The Labute approximate surface area is 89.4 Å². The minimum absolute atomic E-state index is 0.274. The third-order valence-electron chi connectivity index (χ3n) is 1.80. The van der Waals surface area contributed by atoms with E-state index in [9.17, 15) is 4.79 Å². The Hall–Kier alpha value is -1.58. The van der Waals surface area contributed by atoms with E-state index in [0.29, 0.717) is 5.92 Å². The summed E-state index contributed by atoms with van der Waals surface area (Å²) in [6, 6.07) is 3.27. The van der Waals surface area contributed by atoms with Crippen LogP contribution in [0.4, 0.5) is 0 Å². The summed E-state index contributed by atoms with van der Waals surface area (Å²) >= 11 is 0. The van der Waals surface area contributed by atoms with E-state index in [1.807, 2.05) is 6.92 Å². The van der Waals surface area contributed by atoms with Crippen LogP contribution in [-0.2, 0) is 0 Å². The van der Waals surface area contributed by atoms with Gasteiger partial charge in [-0.3, -0.25) is 4.79 Å². The molecule has 82 valence electrons. The van der Waals surface area contributed by atoms with Crippen LogP contribution in [0.15, 0.2) is 27.9 Å². The molecule has 0 aliphatic carbocycles. The zero-order valence-corrected chi connectivity index (χ0v) is 9.28. The molecule has 0 unspecified atom stereocenters. The van der Waals surface area contributed by atoms with E-state index in [-0.39, 0.29) is 11.7 Å². The van der Waals surface area contributed by atoms with Gasteiger partial charge < -0.3 is 4.42 Å². The highest BCUT2D eigenvalue weighted by atomic mass is 16.3. The van der Waals surface area contributed by atoms with Crippen molar-refractivity contribution in [2.24, 2.45) is 11.0 Å². The quantitative estimate of drug-likeness (QED) is 0.610. The summed E-state index contributed by atoms with van der Waals surface area (Å²) in [5.41, 5.74) is 3.35. The van der Waals surface area contributed by atoms with Gasteiger partial charge in [0.2, 0.25) is 0 Å². The molecule has 0 fully saturated rings. The molecule has 0 aliphatic rings. The van der Waals surface area contributed by atoms with E-state index in [4.69, 9.17) is 4.42 Å². The third kappa shape index (κ3) is 3.97. The van der Waals surface area contributed by atoms with E-state index in [1.54, 1.807) is 12.1 Å². The molecule has 4 heteroatoms. The van der Waals surface area contributed by atoms with E-state index in [2.05, 4.69) is 24.4 Å². The fourth-order valence-electron chi connectivity index (χ4n) is 1.25. The topological polar surface area (TPSA) is 54.6 Å². The lowest BCUT2D eigenvalue weighted by Gasteiger charge is -2.03. The Bertz CT molecular complexity index is 339. The van der Waals surface area contributed by atoms with E-state index in [1.165, 1.54) is 6.26 Å². The van der Waals surface area contributed by atoms with Crippen molar-refractivity contribution in [3.05, 3.63) is 24.2 Å². The molecule has 1 rings (SSSR count). The maximum absolute atomic E-state index is 11.4. The monoisotopic (exact) mass is 208 g/mol. The number of rotatable bonds is 4. The van der Waals surface area contributed by atoms with Crippen LogP contribution in [0.25, 0.3) is 0 Å². The van der Waals surface area contributed by atoms with Gasteiger partial charge >= 0.3 is 5.91 Å². The highest BCUT2D eigenvalue weighted by molar-refractivity contribution is 5.92.